The van der Waals surface area contributed by atoms with Crippen molar-refractivity contribution in [1.82, 2.24) is 19.7 Å². The summed E-state index contributed by atoms with van der Waals surface area (Å²) in [5.41, 5.74) is 0.210. The van der Waals surface area contributed by atoms with Crippen LogP contribution in [-0.4, -0.2) is 25.7 Å². The van der Waals surface area contributed by atoms with Crippen molar-refractivity contribution in [3.63, 3.8) is 0 Å². The fourth-order valence-corrected chi connectivity index (χ4v) is 2.57. The third-order valence-electron chi connectivity index (χ3n) is 3.84. The largest absolute Gasteiger partial charge is 0.326 e. The number of rotatable bonds is 5. The van der Waals surface area contributed by atoms with Gasteiger partial charge in [0.15, 0.2) is 5.82 Å². The summed E-state index contributed by atoms with van der Waals surface area (Å²) in [7, 11) is 0. The van der Waals surface area contributed by atoms with Gasteiger partial charge in [-0.25, -0.2) is 13.9 Å². The summed E-state index contributed by atoms with van der Waals surface area (Å²) in [5, 5.41) is 6.54. The quantitative estimate of drug-likeness (QED) is 0.638. The van der Waals surface area contributed by atoms with Gasteiger partial charge < -0.3 is 10.3 Å². The maximum atomic E-state index is 14.2. The van der Waals surface area contributed by atoms with Crippen molar-refractivity contribution in [3.05, 3.63) is 74.6 Å². The molecule has 0 unspecified atom stereocenters. The summed E-state index contributed by atoms with van der Waals surface area (Å²) in [6, 6.07) is 5.95. The van der Waals surface area contributed by atoms with Crippen molar-refractivity contribution in [2.24, 2.45) is 0 Å². The Balaban J connectivity index is 1.66. The van der Waals surface area contributed by atoms with E-state index in [2.05, 4.69) is 20.4 Å². The molecule has 0 bridgehead atoms. The predicted octanol–water partition coefficient (Wildman–Crippen LogP) is 1.27. The van der Waals surface area contributed by atoms with Crippen LogP contribution in [0, 0.1) is 12.7 Å². The number of aromatic nitrogens is 4. The third-order valence-corrected chi connectivity index (χ3v) is 3.84. The number of anilines is 1. The van der Waals surface area contributed by atoms with Gasteiger partial charge in [-0.05, 0) is 37.6 Å². The minimum atomic E-state index is -0.589. The Morgan fingerprint density at radius 1 is 1.31 bits per heavy atom. The molecule has 0 saturated heterocycles. The highest BCUT2D eigenvalue weighted by Gasteiger charge is 2.11. The highest BCUT2D eigenvalue weighted by Crippen LogP contribution is 2.18. The molecule has 2 heterocycles. The van der Waals surface area contributed by atoms with Gasteiger partial charge in [-0.3, -0.25) is 14.6 Å². The van der Waals surface area contributed by atoms with E-state index >= 15 is 0 Å². The Kier molecular flexibility index (Phi) is 4.78. The van der Waals surface area contributed by atoms with Crippen LogP contribution in [0.5, 0.6) is 0 Å². The van der Waals surface area contributed by atoms with Crippen LogP contribution in [-0.2, 0) is 11.2 Å². The molecule has 26 heavy (non-hydrogen) atoms. The number of amides is 1. The summed E-state index contributed by atoms with van der Waals surface area (Å²) in [4.78, 5) is 39.6. The lowest BCUT2D eigenvalue weighted by molar-refractivity contribution is -0.116. The summed E-state index contributed by atoms with van der Waals surface area (Å²) < 4.78 is 15.5. The summed E-state index contributed by atoms with van der Waals surface area (Å²) >= 11 is 0. The lowest BCUT2D eigenvalue weighted by atomic mass is 10.1. The molecule has 1 aromatic carbocycles. The molecule has 3 rings (SSSR count). The molecule has 0 saturated carbocycles. The molecule has 0 spiro atoms. The number of H-pyrrole nitrogens is 2. The molecule has 3 aromatic rings. The van der Waals surface area contributed by atoms with Crippen LogP contribution < -0.4 is 16.6 Å². The fraction of sp³-hybridized carbons (Fsp3) is 0.176. The zero-order chi connectivity index (χ0) is 18.7. The van der Waals surface area contributed by atoms with Crippen LogP contribution in [0.4, 0.5) is 10.1 Å². The van der Waals surface area contributed by atoms with E-state index in [0.29, 0.717) is 16.9 Å². The Labute approximate surface area is 146 Å². The number of halogens is 1. The number of benzene rings is 1. The van der Waals surface area contributed by atoms with Crippen LogP contribution in [0.2, 0.25) is 0 Å². The van der Waals surface area contributed by atoms with Crippen molar-refractivity contribution < 1.29 is 9.18 Å². The first-order chi connectivity index (χ1) is 12.4. The second-order valence-electron chi connectivity index (χ2n) is 5.68. The Hall–Kier alpha value is -3.49. The third kappa shape index (κ3) is 3.77. The number of hydrogen-bond acceptors (Lipinski definition) is 4. The van der Waals surface area contributed by atoms with Crippen molar-refractivity contribution in [2.75, 3.05) is 5.32 Å². The Morgan fingerprint density at radius 3 is 2.77 bits per heavy atom. The topological polar surface area (TPSA) is 113 Å². The lowest BCUT2D eigenvalue weighted by Crippen LogP contribution is -2.27. The maximum absolute atomic E-state index is 14.2. The van der Waals surface area contributed by atoms with Crippen molar-refractivity contribution in [2.45, 2.75) is 19.8 Å². The van der Waals surface area contributed by atoms with Gasteiger partial charge in [0.2, 0.25) is 5.91 Å². The van der Waals surface area contributed by atoms with Gasteiger partial charge in [-0.1, -0.05) is 0 Å². The van der Waals surface area contributed by atoms with Gasteiger partial charge in [-0.15, -0.1) is 0 Å². The van der Waals surface area contributed by atoms with Gasteiger partial charge in [0.25, 0.3) is 5.56 Å². The molecule has 0 aliphatic carbocycles. The number of hydrogen-bond donors (Lipinski definition) is 3. The van der Waals surface area contributed by atoms with Crippen LogP contribution in [0.1, 0.15) is 17.7 Å². The highest BCUT2D eigenvalue weighted by molar-refractivity contribution is 5.90. The lowest BCUT2D eigenvalue weighted by Gasteiger charge is -2.08. The Bertz CT molecular complexity index is 1050. The molecule has 0 atom stereocenters. The van der Waals surface area contributed by atoms with Gasteiger partial charge in [0.1, 0.15) is 5.69 Å². The van der Waals surface area contributed by atoms with E-state index in [1.807, 2.05) is 0 Å². The van der Waals surface area contributed by atoms with E-state index in [9.17, 15) is 18.8 Å². The number of carbonyl (C=O) groups excluding carboxylic acids is 1. The van der Waals surface area contributed by atoms with Crippen molar-refractivity contribution >= 4 is 11.6 Å². The zero-order valence-electron chi connectivity index (χ0n) is 13.9. The van der Waals surface area contributed by atoms with Crippen LogP contribution in [0.25, 0.3) is 5.69 Å². The van der Waals surface area contributed by atoms with E-state index < -0.39 is 17.1 Å². The molecule has 8 nitrogen and oxygen atoms in total. The van der Waals surface area contributed by atoms with Gasteiger partial charge in [0, 0.05) is 35.8 Å². The molecule has 3 N–H and O–H groups in total. The standard InChI is InChI=1S/C17H16FN5O3/c1-10-12(16(25)22-17(26)20-10)4-6-15(24)21-11-3-5-14(13(18)9-11)23-8-2-7-19-23/h2-3,5,7-9H,4,6H2,1H3,(H,21,24)(H2,20,22,25,26). The van der Waals surface area contributed by atoms with E-state index in [1.54, 1.807) is 25.3 Å². The zero-order valence-corrected chi connectivity index (χ0v) is 13.9. The molecule has 0 fully saturated rings. The minimum absolute atomic E-state index is 0.0124. The molecule has 2 aromatic heterocycles. The smallest absolute Gasteiger partial charge is 0.325 e. The molecule has 0 radical (unpaired) electrons. The van der Waals surface area contributed by atoms with Crippen LogP contribution in [0.3, 0.4) is 0 Å². The van der Waals surface area contributed by atoms with Crippen LogP contribution >= 0.6 is 0 Å². The average molecular weight is 357 g/mol. The number of nitrogens with one attached hydrogen (secondary N) is 3. The number of aryl methyl sites for hydroxylation is 1. The van der Waals surface area contributed by atoms with Crippen LogP contribution in [0.15, 0.2) is 46.2 Å². The highest BCUT2D eigenvalue weighted by atomic mass is 19.1. The summed E-state index contributed by atoms with van der Waals surface area (Å²) in [6.45, 7) is 1.59. The fourth-order valence-electron chi connectivity index (χ4n) is 2.57. The van der Waals surface area contributed by atoms with E-state index in [1.165, 1.54) is 23.0 Å². The molecule has 134 valence electrons. The molecule has 0 aliphatic rings. The first-order valence-corrected chi connectivity index (χ1v) is 7.85. The summed E-state index contributed by atoms with van der Waals surface area (Å²) in [5.74, 6) is -0.902. The first kappa shape index (κ1) is 17.3. The first-order valence-electron chi connectivity index (χ1n) is 7.85. The SMILES string of the molecule is Cc1[nH]c(=O)[nH]c(=O)c1CCC(=O)Nc1ccc(-n2cccn2)c(F)c1. The molecule has 0 aliphatic heterocycles. The second kappa shape index (κ2) is 7.18. The molecular formula is C17H16FN5O3. The molecule has 9 heteroatoms. The minimum Gasteiger partial charge on any atom is -0.326 e. The van der Waals surface area contributed by atoms with Crippen molar-refractivity contribution in [1.29, 1.82) is 0 Å². The van der Waals surface area contributed by atoms with Gasteiger partial charge in [0.05, 0.1) is 0 Å². The monoisotopic (exact) mass is 357 g/mol. The Morgan fingerprint density at radius 2 is 2.12 bits per heavy atom. The van der Waals surface area contributed by atoms with E-state index in [0.717, 1.165) is 0 Å². The van der Waals surface area contributed by atoms with E-state index in [4.69, 9.17) is 0 Å². The number of carbonyl (C=O) groups is 1. The molecular weight excluding hydrogens is 341 g/mol. The number of nitrogens with zero attached hydrogens (tertiary/aromatic N) is 2. The number of aromatic amines is 2. The maximum Gasteiger partial charge on any atom is 0.325 e. The second-order valence-corrected chi connectivity index (χ2v) is 5.68. The van der Waals surface area contributed by atoms with Gasteiger partial charge >= 0.3 is 5.69 Å². The van der Waals surface area contributed by atoms with E-state index in [-0.39, 0.29) is 24.4 Å². The average Bonchev–Trinajstić information content (AvgIpc) is 3.08. The normalized spacial score (nSPS) is 10.7. The van der Waals surface area contributed by atoms with Gasteiger partial charge in [-0.2, -0.15) is 5.10 Å². The summed E-state index contributed by atoms with van der Waals surface area (Å²) in [6.07, 6.45) is 3.31. The molecule has 1 amide bonds. The van der Waals surface area contributed by atoms with Crippen molar-refractivity contribution in [3.8, 4) is 5.69 Å². The predicted molar refractivity (Wildman–Crippen MR) is 92.9 cm³/mol.